The molecule has 1 N–H and O–H groups in total. The first-order valence-electron chi connectivity index (χ1n) is 12.5. The second kappa shape index (κ2) is 10.8. The lowest BCUT2D eigenvalue weighted by molar-refractivity contribution is -0.127. The van der Waals surface area contributed by atoms with Crippen molar-refractivity contribution in [2.24, 2.45) is 5.92 Å². The SMILES string of the molecule is Cc1ccc(S(=O)(=O)N(C)c2ccc(C(=O)N3CCCC(C(=O)NC4CCCCC4)C3)cc2)cc1. The van der Waals surface area contributed by atoms with Crippen LogP contribution in [0.15, 0.2) is 53.4 Å². The summed E-state index contributed by atoms with van der Waals surface area (Å²) in [5.41, 5.74) is 1.95. The van der Waals surface area contributed by atoms with Gasteiger partial charge in [-0.3, -0.25) is 13.9 Å². The number of benzene rings is 2. The molecule has 0 aromatic heterocycles. The Morgan fingerprint density at radius 1 is 0.914 bits per heavy atom. The van der Waals surface area contributed by atoms with Crippen LogP contribution in [-0.2, 0) is 14.8 Å². The third-order valence-electron chi connectivity index (χ3n) is 7.19. The molecule has 7 nitrogen and oxygen atoms in total. The summed E-state index contributed by atoms with van der Waals surface area (Å²) < 4.78 is 27.2. The summed E-state index contributed by atoms with van der Waals surface area (Å²) in [6, 6.07) is 13.6. The lowest BCUT2D eigenvalue weighted by Crippen LogP contribution is -2.47. The highest BCUT2D eigenvalue weighted by atomic mass is 32.2. The van der Waals surface area contributed by atoms with Crippen molar-refractivity contribution in [2.75, 3.05) is 24.4 Å². The summed E-state index contributed by atoms with van der Waals surface area (Å²) in [6.45, 7) is 2.94. The molecule has 8 heteroatoms. The van der Waals surface area contributed by atoms with E-state index in [-0.39, 0.29) is 28.7 Å². The summed E-state index contributed by atoms with van der Waals surface area (Å²) in [5, 5.41) is 3.20. The van der Waals surface area contributed by atoms with Crippen LogP contribution in [0.5, 0.6) is 0 Å². The molecular weight excluding hydrogens is 462 g/mol. The van der Waals surface area contributed by atoms with Gasteiger partial charge in [0.1, 0.15) is 0 Å². The zero-order chi connectivity index (χ0) is 25.0. The van der Waals surface area contributed by atoms with E-state index in [0.29, 0.717) is 24.3 Å². The topological polar surface area (TPSA) is 86.8 Å². The molecule has 188 valence electrons. The van der Waals surface area contributed by atoms with Crippen LogP contribution in [0.3, 0.4) is 0 Å². The molecular formula is C27H35N3O4S. The number of carbonyl (C=O) groups excluding carboxylic acids is 2. The average molecular weight is 498 g/mol. The highest BCUT2D eigenvalue weighted by Crippen LogP contribution is 2.25. The zero-order valence-corrected chi connectivity index (χ0v) is 21.4. The Bertz CT molecular complexity index is 1140. The molecule has 0 spiro atoms. The zero-order valence-electron chi connectivity index (χ0n) is 20.6. The number of nitrogens with zero attached hydrogens (tertiary/aromatic N) is 2. The molecule has 4 rings (SSSR count). The van der Waals surface area contributed by atoms with Crippen molar-refractivity contribution in [2.45, 2.75) is 62.8 Å². The van der Waals surface area contributed by atoms with E-state index in [1.54, 1.807) is 53.4 Å². The summed E-state index contributed by atoms with van der Waals surface area (Å²) in [6.07, 6.45) is 7.25. The van der Waals surface area contributed by atoms with Crippen LogP contribution in [-0.4, -0.2) is 51.3 Å². The molecule has 1 aliphatic heterocycles. The van der Waals surface area contributed by atoms with Crippen molar-refractivity contribution in [1.82, 2.24) is 10.2 Å². The van der Waals surface area contributed by atoms with E-state index in [1.807, 2.05) is 6.92 Å². The number of hydrogen-bond acceptors (Lipinski definition) is 4. The minimum absolute atomic E-state index is 0.0627. The molecule has 1 heterocycles. The number of aryl methyl sites for hydroxylation is 1. The molecule has 0 bridgehead atoms. The number of amides is 2. The molecule has 1 saturated heterocycles. The highest BCUT2D eigenvalue weighted by Gasteiger charge is 2.30. The fraction of sp³-hybridized carbons (Fsp3) is 0.481. The van der Waals surface area contributed by atoms with Crippen LogP contribution in [0.4, 0.5) is 5.69 Å². The molecule has 2 aromatic rings. The van der Waals surface area contributed by atoms with Crippen molar-refractivity contribution in [3.63, 3.8) is 0 Å². The lowest BCUT2D eigenvalue weighted by atomic mass is 9.92. The van der Waals surface area contributed by atoms with Gasteiger partial charge in [0.25, 0.3) is 15.9 Å². The Morgan fingerprint density at radius 2 is 1.57 bits per heavy atom. The third kappa shape index (κ3) is 5.86. The van der Waals surface area contributed by atoms with E-state index in [0.717, 1.165) is 44.1 Å². The van der Waals surface area contributed by atoms with Gasteiger partial charge in [-0.15, -0.1) is 0 Å². The lowest BCUT2D eigenvalue weighted by Gasteiger charge is -2.33. The molecule has 1 atom stereocenters. The average Bonchev–Trinajstić information content (AvgIpc) is 2.89. The minimum atomic E-state index is -3.70. The van der Waals surface area contributed by atoms with E-state index < -0.39 is 10.0 Å². The van der Waals surface area contributed by atoms with Crippen LogP contribution >= 0.6 is 0 Å². The Balaban J connectivity index is 1.39. The summed E-state index contributed by atoms with van der Waals surface area (Å²) in [5.74, 6) is -0.247. The maximum Gasteiger partial charge on any atom is 0.264 e. The predicted molar refractivity (Wildman–Crippen MR) is 137 cm³/mol. The highest BCUT2D eigenvalue weighted by molar-refractivity contribution is 7.92. The maximum absolute atomic E-state index is 13.2. The van der Waals surface area contributed by atoms with Gasteiger partial charge < -0.3 is 10.2 Å². The van der Waals surface area contributed by atoms with Crippen molar-refractivity contribution >= 4 is 27.5 Å². The second-order valence-corrected chi connectivity index (χ2v) is 11.7. The predicted octanol–water partition coefficient (Wildman–Crippen LogP) is 4.12. The monoisotopic (exact) mass is 497 g/mol. The largest absolute Gasteiger partial charge is 0.353 e. The van der Waals surface area contributed by atoms with Gasteiger partial charge in [0.15, 0.2) is 0 Å². The van der Waals surface area contributed by atoms with Gasteiger partial charge in [0.05, 0.1) is 16.5 Å². The maximum atomic E-state index is 13.2. The van der Waals surface area contributed by atoms with E-state index in [9.17, 15) is 18.0 Å². The molecule has 2 fully saturated rings. The van der Waals surface area contributed by atoms with Crippen LogP contribution in [0.1, 0.15) is 60.9 Å². The molecule has 1 saturated carbocycles. The Kier molecular flexibility index (Phi) is 7.79. The quantitative estimate of drug-likeness (QED) is 0.650. The Labute approximate surface area is 208 Å². The fourth-order valence-corrected chi connectivity index (χ4v) is 6.14. The Hall–Kier alpha value is -2.87. The van der Waals surface area contributed by atoms with E-state index in [4.69, 9.17) is 0 Å². The number of carbonyl (C=O) groups is 2. The summed E-state index contributed by atoms with van der Waals surface area (Å²) >= 11 is 0. The number of likely N-dealkylation sites (tertiary alicyclic amines) is 1. The third-order valence-corrected chi connectivity index (χ3v) is 8.99. The Morgan fingerprint density at radius 3 is 2.23 bits per heavy atom. The van der Waals surface area contributed by atoms with Gasteiger partial charge in [0, 0.05) is 31.7 Å². The first-order chi connectivity index (χ1) is 16.8. The van der Waals surface area contributed by atoms with Gasteiger partial charge in [-0.05, 0) is 69.0 Å². The van der Waals surface area contributed by atoms with Crippen molar-refractivity contribution in [3.05, 3.63) is 59.7 Å². The first kappa shape index (κ1) is 25.2. The van der Waals surface area contributed by atoms with E-state index in [1.165, 1.54) is 17.8 Å². The molecule has 35 heavy (non-hydrogen) atoms. The number of hydrogen-bond donors (Lipinski definition) is 1. The van der Waals surface area contributed by atoms with E-state index in [2.05, 4.69) is 5.32 Å². The van der Waals surface area contributed by atoms with Crippen molar-refractivity contribution < 1.29 is 18.0 Å². The summed E-state index contributed by atoms with van der Waals surface area (Å²) in [7, 11) is -2.19. The molecule has 1 unspecified atom stereocenters. The molecule has 0 radical (unpaired) electrons. The van der Waals surface area contributed by atoms with Gasteiger partial charge >= 0.3 is 0 Å². The number of nitrogens with one attached hydrogen (secondary N) is 1. The van der Waals surface area contributed by atoms with Crippen LogP contribution in [0.2, 0.25) is 0 Å². The standard InChI is InChI=1S/C27H35N3O4S/c1-20-10-16-25(17-11-20)35(33,34)29(2)24-14-12-21(13-15-24)27(32)30-18-6-7-22(19-30)26(31)28-23-8-4-3-5-9-23/h10-17,22-23H,3-9,18-19H2,1-2H3,(H,28,31). The van der Waals surface area contributed by atoms with Gasteiger partial charge in [-0.2, -0.15) is 0 Å². The molecule has 2 aromatic carbocycles. The van der Waals surface area contributed by atoms with Gasteiger partial charge in [-0.25, -0.2) is 8.42 Å². The number of sulfonamides is 1. The van der Waals surface area contributed by atoms with Gasteiger partial charge in [0.2, 0.25) is 5.91 Å². The van der Waals surface area contributed by atoms with Gasteiger partial charge in [-0.1, -0.05) is 37.0 Å². The second-order valence-electron chi connectivity index (χ2n) is 9.77. The van der Waals surface area contributed by atoms with Crippen LogP contribution in [0.25, 0.3) is 0 Å². The smallest absolute Gasteiger partial charge is 0.264 e. The number of piperidine rings is 1. The normalized spacial score (nSPS) is 19.3. The minimum Gasteiger partial charge on any atom is -0.353 e. The fourth-order valence-electron chi connectivity index (χ4n) is 4.95. The molecule has 2 amide bonds. The molecule has 1 aliphatic carbocycles. The first-order valence-corrected chi connectivity index (χ1v) is 13.9. The molecule has 2 aliphatic rings. The van der Waals surface area contributed by atoms with Crippen molar-refractivity contribution in [3.8, 4) is 0 Å². The van der Waals surface area contributed by atoms with Crippen LogP contribution in [0, 0.1) is 12.8 Å². The van der Waals surface area contributed by atoms with Crippen LogP contribution < -0.4 is 9.62 Å². The summed E-state index contributed by atoms with van der Waals surface area (Å²) in [4.78, 5) is 27.9. The number of anilines is 1. The van der Waals surface area contributed by atoms with E-state index >= 15 is 0 Å². The number of rotatable bonds is 6. The van der Waals surface area contributed by atoms with Crippen molar-refractivity contribution in [1.29, 1.82) is 0 Å².